The number of carbonyl (C=O) groups is 1. The number of nitrogens with zero attached hydrogens (tertiary/aromatic N) is 1. The van der Waals surface area contributed by atoms with Crippen LogP contribution in [0.1, 0.15) is 24.8 Å². The summed E-state index contributed by atoms with van der Waals surface area (Å²) in [7, 11) is 0. The fraction of sp³-hybridized carbons (Fsp3) is 0.250. The van der Waals surface area contributed by atoms with Gasteiger partial charge in [0.2, 0.25) is 0 Å². The van der Waals surface area contributed by atoms with E-state index in [2.05, 4.69) is 24.5 Å². The summed E-state index contributed by atoms with van der Waals surface area (Å²) in [5, 5.41) is 13.5. The molecule has 26 heavy (non-hydrogen) atoms. The van der Waals surface area contributed by atoms with Crippen molar-refractivity contribution < 1.29 is 9.53 Å². The van der Waals surface area contributed by atoms with Crippen molar-refractivity contribution in [1.29, 1.82) is 5.26 Å². The van der Waals surface area contributed by atoms with Gasteiger partial charge in [-0.2, -0.15) is 5.26 Å². The van der Waals surface area contributed by atoms with Gasteiger partial charge >= 0.3 is 5.97 Å². The lowest BCUT2D eigenvalue weighted by Gasteiger charge is -2.41. The number of carbonyl (C=O) groups excluding carboxylic acids is 1. The number of hydrogen-bond donors (Lipinski definition) is 1. The number of allylic oxidation sites excluding steroid dienone is 2. The summed E-state index contributed by atoms with van der Waals surface area (Å²) in [6.07, 6.45) is 3.37. The molecule has 0 saturated carbocycles. The molecule has 2 rings (SSSR count). The van der Waals surface area contributed by atoms with Crippen LogP contribution in [0, 0.1) is 16.7 Å². The van der Waals surface area contributed by atoms with Crippen LogP contribution in [0.4, 0.5) is 0 Å². The quantitative estimate of drug-likeness (QED) is 0.444. The molecule has 2 atom stereocenters. The molecule has 1 aliphatic rings. The van der Waals surface area contributed by atoms with Crippen LogP contribution < -0.4 is 5.32 Å². The monoisotopic (exact) mass is 386 g/mol. The Hall–Kier alpha value is -2.42. The van der Waals surface area contributed by atoms with Gasteiger partial charge in [0.15, 0.2) is 0 Å². The van der Waals surface area contributed by atoms with Crippen LogP contribution in [0.3, 0.4) is 0 Å². The smallest absolute Gasteiger partial charge is 0.336 e. The van der Waals surface area contributed by atoms with E-state index in [1.54, 1.807) is 31.2 Å². The van der Waals surface area contributed by atoms with E-state index >= 15 is 0 Å². The Kier molecular flexibility index (Phi) is 6.36. The van der Waals surface area contributed by atoms with Crippen LogP contribution in [0.25, 0.3) is 0 Å². The van der Waals surface area contributed by atoms with Gasteiger partial charge in [-0.3, -0.25) is 0 Å². The number of rotatable bonds is 6. The maximum absolute atomic E-state index is 12.8. The van der Waals surface area contributed by atoms with Gasteiger partial charge in [0.05, 0.1) is 11.6 Å². The summed E-state index contributed by atoms with van der Waals surface area (Å²) in [5.41, 5.74) is 0.330. The summed E-state index contributed by atoms with van der Waals surface area (Å²) < 4.78 is 5.27. The van der Waals surface area contributed by atoms with E-state index in [9.17, 15) is 10.1 Å². The number of hydrogen-bond acceptors (Lipinski definition) is 4. The molecule has 6 heteroatoms. The molecule has 1 heterocycles. The average Bonchev–Trinajstić information content (AvgIpc) is 2.62. The number of halogens is 1. The van der Waals surface area contributed by atoms with Crippen molar-refractivity contribution >= 4 is 34.8 Å². The zero-order valence-corrected chi connectivity index (χ0v) is 16.0. The van der Waals surface area contributed by atoms with Crippen LogP contribution in [-0.2, 0) is 9.53 Å². The molecular formula is C20H19ClN2O2S. The predicted octanol–water partition coefficient (Wildman–Crippen LogP) is 4.44. The van der Waals surface area contributed by atoms with Gasteiger partial charge < -0.3 is 10.1 Å². The van der Waals surface area contributed by atoms with E-state index < -0.39 is 17.3 Å². The Balaban J connectivity index is 2.76. The molecular weight excluding hydrogens is 368 g/mol. The highest BCUT2D eigenvalue weighted by Gasteiger charge is 2.51. The Morgan fingerprint density at radius 2 is 2.15 bits per heavy atom. The average molecular weight is 387 g/mol. The second-order valence-corrected chi connectivity index (χ2v) is 6.73. The first kappa shape index (κ1) is 19.9. The molecule has 0 fully saturated rings. The van der Waals surface area contributed by atoms with Crippen molar-refractivity contribution in [2.24, 2.45) is 5.41 Å². The lowest BCUT2D eigenvalue weighted by Crippen LogP contribution is -2.49. The van der Waals surface area contributed by atoms with Gasteiger partial charge in [0, 0.05) is 16.6 Å². The highest BCUT2D eigenvalue weighted by molar-refractivity contribution is 7.80. The first-order valence-electron chi connectivity index (χ1n) is 7.99. The van der Waals surface area contributed by atoms with Gasteiger partial charge in [-0.25, -0.2) is 4.79 Å². The summed E-state index contributed by atoms with van der Waals surface area (Å²) in [6.45, 7) is 9.11. The van der Waals surface area contributed by atoms with Crippen molar-refractivity contribution in [1.82, 2.24) is 5.32 Å². The Labute approximate surface area is 163 Å². The van der Waals surface area contributed by atoms with Crippen molar-refractivity contribution in [2.45, 2.75) is 19.3 Å². The maximum atomic E-state index is 12.8. The van der Waals surface area contributed by atoms with Gasteiger partial charge in [0.1, 0.15) is 17.0 Å². The minimum absolute atomic E-state index is 0.0658. The van der Waals surface area contributed by atoms with Gasteiger partial charge in [-0.1, -0.05) is 60.7 Å². The molecule has 1 aromatic rings. The van der Waals surface area contributed by atoms with Gasteiger partial charge in [-0.15, -0.1) is 6.58 Å². The second-order valence-electron chi connectivity index (χ2n) is 5.91. The van der Waals surface area contributed by atoms with Crippen molar-refractivity contribution in [2.75, 3.05) is 6.61 Å². The zero-order valence-electron chi connectivity index (χ0n) is 14.4. The van der Waals surface area contributed by atoms with E-state index in [-0.39, 0.29) is 13.0 Å². The molecule has 0 amide bonds. The van der Waals surface area contributed by atoms with E-state index in [1.165, 1.54) is 6.08 Å². The normalized spacial score (nSPS) is 22.2. The Morgan fingerprint density at radius 3 is 2.73 bits per heavy atom. The molecule has 0 aromatic heterocycles. The lowest BCUT2D eigenvalue weighted by atomic mass is 9.65. The first-order valence-corrected chi connectivity index (χ1v) is 8.78. The number of thiocarbonyl (C=S) groups is 1. The summed E-state index contributed by atoms with van der Waals surface area (Å²) in [4.78, 5) is 13.1. The molecule has 134 valence electrons. The summed E-state index contributed by atoms with van der Waals surface area (Å²) >= 11 is 11.9. The lowest BCUT2D eigenvalue weighted by molar-refractivity contribution is -0.138. The van der Waals surface area contributed by atoms with Crippen LogP contribution in [0.2, 0.25) is 5.02 Å². The van der Waals surface area contributed by atoms with Crippen molar-refractivity contribution in [3.05, 3.63) is 71.4 Å². The molecule has 0 aliphatic carbocycles. The molecule has 1 aromatic carbocycles. The molecule has 4 nitrogen and oxygen atoms in total. The molecule has 0 spiro atoms. The molecule has 0 radical (unpaired) electrons. The van der Waals surface area contributed by atoms with E-state index in [1.807, 2.05) is 6.07 Å². The Bertz CT molecular complexity index is 840. The minimum Gasteiger partial charge on any atom is -0.458 e. The number of nitrogens with one attached hydrogen (secondary N) is 1. The SMILES string of the molecule is C=CCOC(=O)C1=C(C)NC(=S)[C@@](C#N)(CC=C)[C@@H]1c1ccccc1Cl. The number of benzene rings is 1. The van der Waals surface area contributed by atoms with Crippen LogP contribution in [0.15, 0.2) is 60.8 Å². The largest absolute Gasteiger partial charge is 0.458 e. The zero-order chi connectivity index (χ0) is 19.3. The predicted molar refractivity (Wildman–Crippen MR) is 107 cm³/mol. The van der Waals surface area contributed by atoms with Gasteiger partial charge in [0.25, 0.3) is 0 Å². The molecule has 1 aliphatic heterocycles. The number of ether oxygens (including phenoxy) is 1. The highest BCUT2D eigenvalue weighted by atomic mass is 35.5. The first-order chi connectivity index (χ1) is 12.4. The molecule has 0 bridgehead atoms. The van der Waals surface area contributed by atoms with E-state index in [4.69, 9.17) is 28.6 Å². The van der Waals surface area contributed by atoms with Crippen LogP contribution >= 0.6 is 23.8 Å². The third-order valence-electron chi connectivity index (χ3n) is 4.33. The van der Waals surface area contributed by atoms with Gasteiger partial charge in [-0.05, 0) is 25.0 Å². The summed E-state index contributed by atoms with van der Waals surface area (Å²) in [6, 6.07) is 9.43. The highest BCUT2D eigenvalue weighted by Crippen LogP contribution is 2.50. The Morgan fingerprint density at radius 1 is 1.46 bits per heavy atom. The van der Waals surface area contributed by atoms with Crippen LogP contribution in [0.5, 0.6) is 0 Å². The van der Waals surface area contributed by atoms with Crippen molar-refractivity contribution in [3.8, 4) is 6.07 Å². The third-order valence-corrected chi connectivity index (χ3v) is 5.14. The third kappa shape index (κ3) is 3.44. The second kappa shape index (κ2) is 8.31. The number of nitriles is 1. The maximum Gasteiger partial charge on any atom is 0.336 e. The fourth-order valence-electron chi connectivity index (χ4n) is 3.16. The van der Waals surface area contributed by atoms with E-state index in [0.29, 0.717) is 26.8 Å². The standard InChI is InChI=1S/C20H19ClN2O2S/c1-4-10-20(12-22)17(14-8-6-7-9-15(14)21)16(13(3)23-19(20)26)18(24)25-11-5-2/h4-9,17H,1-2,10-11H2,3H3,(H,23,26)/t17-,20-/m1/s1. The fourth-order valence-corrected chi connectivity index (χ4v) is 3.80. The number of esters is 1. The summed E-state index contributed by atoms with van der Waals surface area (Å²) in [5.74, 6) is -1.21. The minimum atomic E-state index is -1.19. The van der Waals surface area contributed by atoms with Crippen molar-refractivity contribution in [3.63, 3.8) is 0 Å². The van der Waals surface area contributed by atoms with E-state index in [0.717, 1.165) is 0 Å². The molecule has 0 saturated heterocycles. The topological polar surface area (TPSA) is 62.1 Å². The molecule has 1 N–H and O–H groups in total. The molecule has 0 unspecified atom stereocenters. The van der Waals surface area contributed by atoms with Crippen LogP contribution in [-0.4, -0.2) is 17.6 Å².